The van der Waals surface area contributed by atoms with Crippen LogP contribution in [0.15, 0.2) is 47.2 Å². The van der Waals surface area contributed by atoms with Crippen molar-refractivity contribution in [3.8, 4) is 0 Å². The van der Waals surface area contributed by atoms with Crippen molar-refractivity contribution < 1.29 is 14.3 Å². The van der Waals surface area contributed by atoms with E-state index in [1.165, 1.54) is 6.20 Å². The quantitative estimate of drug-likeness (QED) is 0.516. The number of carbonyl (C=O) groups excluding carboxylic acids is 1. The third-order valence-electron chi connectivity index (χ3n) is 2.73. The van der Waals surface area contributed by atoms with E-state index in [1.54, 1.807) is 0 Å². The molecule has 0 saturated carbocycles. The van der Waals surface area contributed by atoms with Crippen molar-refractivity contribution in [2.24, 2.45) is 10.7 Å². The molecule has 1 aromatic carbocycles. The molecule has 1 heterocycles. The fraction of sp³-hybridized carbons (Fsp3) is 0.231. The number of hydrogen-bond donors (Lipinski definition) is 1. The zero-order valence-electron chi connectivity index (χ0n) is 10.5. The van der Waals surface area contributed by atoms with Gasteiger partial charge in [-0.15, -0.1) is 11.6 Å². The van der Waals surface area contributed by atoms with Crippen LogP contribution in [0.5, 0.6) is 0 Å². The number of esters is 1. The van der Waals surface area contributed by atoms with Crippen LogP contribution in [0.1, 0.15) is 5.56 Å². The Hall–Kier alpha value is -2.05. The number of ether oxygens (including phenoxy) is 1. The lowest BCUT2D eigenvalue weighted by atomic mass is 10.2. The Balaban J connectivity index is 2.04. The van der Waals surface area contributed by atoms with Crippen molar-refractivity contribution in [2.75, 3.05) is 5.88 Å². The minimum Gasteiger partial charge on any atom is -0.456 e. The molecule has 6 nitrogen and oxygen atoms in total. The van der Waals surface area contributed by atoms with Crippen molar-refractivity contribution in [1.82, 2.24) is 0 Å². The summed E-state index contributed by atoms with van der Waals surface area (Å²) in [5.74, 6) is -0.736. The van der Waals surface area contributed by atoms with Gasteiger partial charge in [0, 0.05) is 4.91 Å². The maximum Gasteiger partial charge on any atom is 0.361 e. The molecule has 0 radical (unpaired) electrons. The molecule has 104 valence electrons. The Morgan fingerprint density at radius 1 is 1.40 bits per heavy atom. The molecule has 0 bridgehead atoms. The maximum atomic E-state index is 11.9. The highest BCUT2D eigenvalue weighted by molar-refractivity contribution is 6.38. The molecule has 0 spiro atoms. The second kappa shape index (κ2) is 6.40. The molecule has 1 atom stereocenters. The molecule has 20 heavy (non-hydrogen) atoms. The SMILES string of the molecule is NC1C(C(=O)OCc2ccccc2)=NC=C(CCl)[N+]1=O. The fourth-order valence-corrected chi connectivity index (χ4v) is 1.82. The average Bonchev–Trinajstić information content (AvgIpc) is 2.48. The van der Waals surface area contributed by atoms with E-state index in [-0.39, 0.29) is 23.9 Å². The van der Waals surface area contributed by atoms with Gasteiger partial charge in [0.1, 0.15) is 18.7 Å². The number of nitrogens with zero attached hydrogens (tertiary/aromatic N) is 2. The van der Waals surface area contributed by atoms with E-state index in [0.29, 0.717) is 4.76 Å². The zero-order chi connectivity index (χ0) is 14.5. The van der Waals surface area contributed by atoms with Gasteiger partial charge in [0.2, 0.25) is 5.71 Å². The first-order valence-corrected chi connectivity index (χ1v) is 6.42. The van der Waals surface area contributed by atoms with Crippen LogP contribution in [0.2, 0.25) is 0 Å². The summed E-state index contributed by atoms with van der Waals surface area (Å²) in [5.41, 5.74) is 6.55. The van der Waals surface area contributed by atoms with Gasteiger partial charge >= 0.3 is 12.1 Å². The molecule has 1 unspecified atom stereocenters. The first-order chi connectivity index (χ1) is 9.63. The number of alkyl halides is 1. The highest BCUT2D eigenvalue weighted by atomic mass is 35.5. The van der Waals surface area contributed by atoms with Gasteiger partial charge in [-0.1, -0.05) is 30.3 Å². The van der Waals surface area contributed by atoms with E-state index < -0.39 is 12.1 Å². The van der Waals surface area contributed by atoms with Crippen LogP contribution in [0.25, 0.3) is 0 Å². The molecule has 0 aliphatic carbocycles. The topological polar surface area (TPSA) is 84.8 Å². The number of nitrogens with two attached hydrogens (primary N) is 1. The second-order valence-electron chi connectivity index (χ2n) is 4.10. The number of rotatable bonds is 4. The lowest BCUT2D eigenvalue weighted by molar-refractivity contribution is -0.520. The first-order valence-electron chi connectivity index (χ1n) is 5.89. The highest BCUT2D eigenvalue weighted by Crippen LogP contribution is 2.11. The van der Waals surface area contributed by atoms with E-state index in [2.05, 4.69) is 4.99 Å². The van der Waals surface area contributed by atoms with Gasteiger partial charge in [-0.25, -0.2) is 9.79 Å². The highest BCUT2D eigenvalue weighted by Gasteiger charge is 2.38. The second-order valence-corrected chi connectivity index (χ2v) is 4.37. The van der Waals surface area contributed by atoms with Gasteiger partial charge in [0.15, 0.2) is 0 Å². The Kier molecular flexibility index (Phi) is 4.60. The Morgan fingerprint density at radius 2 is 2.10 bits per heavy atom. The van der Waals surface area contributed by atoms with Crippen LogP contribution in [-0.2, 0) is 16.1 Å². The average molecular weight is 295 g/mol. The number of halogens is 1. The molecule has 7 heteroatoms. The van der Waals surface area contributed by atoms with Crippen LogP contribution in [0.3, 0.4) is 0 Å². The summed E-state index contributed by atoms with van der Waals surface area (Å²) in [6.07, 6.45) is 0.0275. The minimum absolute atomic E-state index is 0.0208. The molecule has 2 rings (SSSR count). The number of benzene rings is 1. The maximum absolute atomic E-state index is 11.9. The smallest absolute Gasteiger partial charge is 0.361 e. The van der Waals surface area contributed by atoms with Gasteiger partial charge in [0.05, 0.1) is 4.76 Å². The minimum atomic E-state index is -1.20. The van der Waals surface area contributed by atoms with Gasteiger partial charge < -0.3 is 4.74 Å². The number of carbonyl (C=O) groups is 1. The van der Waals surface area contributed by atoms with Crippen LogP contribution >= 0.6 is 11.6 Å². The lowest BCUT2D eigenvalue weighted by Crippen LogP contribution is -2.46. The van der Waals surface area contributed by atoms with E-state index in [9.17, 15) is 9.70 Å². The zero-order valence-corrected chi connectivity index (χ0v) is 11.3. The molecule has 1 aliphatic rings. The van der Waals surface area contributed by atoms with Crippen molar-refractivity contribution in [1.29, 1.82) is 0 Å². The molecule has 2 N–H and O–H groups in total. The number of aliphatic imine (C=N–C) groups is 1. The van der Waals surface area contributed by atoms with Crippen molar-refractivity contribution in [2.45, 2.75) is 12.8 Å². The summed E-state index contributed by atoms with van der Waals surface area (Å²) in [4.78, 5) is 27.4. The van der Waals surface area contributed by atoms with Crippen LogP contribution < -0.4 is 5.73 Å². The van der Waals surface area contributed by atoms with E-state index >= 15 is 0 Å². The third kappa shape index (κ3) is 3.09. The summed E-state index contributed by atoms with van der Waals surface area (Å²) < 4.78 is 5.54. The van der Waals surface area contributed by atoms with Crippen LogP contribution in [0, 0.1) is 4.91 Å². The largest absolute Gasteiger partial charge is 0.456 e. The molecule has 0 saturated heterocycles. The van der Waals surface area contributed by atoms with Crippen LogP contribution in [0.4, 0.5) is 0 Å². The predicted octanol–water partition coefficient (Wildman–Crippen LogP) is 1.33. The standard InChI is InChI=1S/C13H13ClN3O3/c14-6-10-7-16-11(12(15)17(10)19)13(18)20-8-9-4-2-1-3-5-9/h1-5,7,12H,6,8,15H2/q+1. The summed E-state index contributed by atoms with van der Waals surface area (Å²) in [6.45, 7) is 0.0936. The molecule has 0 amide bonds. The molecule has 0 aromatic heterocycles. The van der Waals surface area contributed by atoms with Gasteiger partial charge in [-0.05, 0) is 5.56 Å². The monoisotopic (exact) mass is 294 g/mol. The van der Waals surface area contributed by atoms with Gasteiger partial charge in [0.25, 0.3) is 5.70 Å². The molecular weight excluding hydrogens is 282 g/mol. The van der Waals surface area contributed by atoms with Crippen molar-refractivity contribution in [3.63, 3.8) is 0 Å². The number of allylic oxidation sites excluding steroid dienone is 1. The van der Waals surface area contributed by atoms with E-state index in [1.807, 2.05) is 30.3 Å². The summed E-state index contributed by atoms with van der Waals surface area (Å²) in [7, 11) is 0. The van der Waals surface area contributed by atoms with Crippen LogP contribution in [-0.4, -0.2) is 28.5 Å². The number of hydrogen-bond acceptors (Lipinski definition) is 5. The first kappa shape index (κ1) is 14.4. The molecule has 0 fully saturated rings. The molecule has 1 aromatic rings. The number of nitroso groups, excluding NO2 is 1. The summed E-state index contributed by atoms with van der Waals surface area (Å²) in [5, 5.41) is 0. The lowest BCUT2D eigenvalue weighted by Gasteiger charge is -2.11. The van der Waals surface area contributed by atoms with E-state index in [4.69, 9.17) is 22.1 Å². The predicted molar refractivity (Wildman–Crippen MR) is 74.1 cm³/mol. The van der Waals surface area contributed by atoms with Gasteiger partial charge in [-0.3, -0.25) is 5.73 Å². The van der Waals surface area contributed by atoms with E-state index in [0.717, 1.165) is 5.56 Å². The fourth-order valence-electron chi connectivity index (χ4n) is 1.63. The summed E-state index contributed by atoms with van der Waals surface area (Å²) >= 11 is 5.56. The third-order valence-corrected chi connectivity index (χ3v) is 3.00. The summed E-state index contributed by atoms with van der Waals surface area (Å²) in [6, 6.07) is 9.17. The Bertz CT molecular complexity index is 584. The Labute approximate surface area is 120 Å². The van der Waals surface area contributed by atoms with Gasteiger partial charge in [-0.2, -0.15) is 0 Å². The van der Waals surface area contributed by atoms with Crippen molar-refractivity contribution >= 4 is 23.3 Å². The normalized spacial score (nSPS) is 18.3. The molecule has 1 aliphatic heterocycles. The molecular formula is C13H13ClN3O3+. The Morgan fingerprint density at radius 3 is 2.75 bits per heavy atom. The van der Waals surface area contributed by atoms with Crippen molar-refractivity contribution in [3.05, 3.63) is 52.7 Å².